The van der Waals surface area contributed by atoms with Crippen molar-refractivity contribution in [3.05, 3.63) is 0 Å². The van der Waals surface area contributed by atoms with Crippen LogP contribution >= 0.6 is 0 Å². The molecular weight excluding hydrogens is 272 g/mol. The zero-order chi connectivity index (χ0) is 14.7. The molecule has 0 aromatic carbocycles. The predicted molar refractivity (Wildman–Crippen MR) is 73.6 cm³/mol. The number of ether oxygens (including phenoxy) is 2. The zero-order valence-corrected chi connectivity index (χ0v) is 12.7. The average Bonchev–Trinajstić information content (AvgIpc) is 2.30. The van der Waals surface area contributed by atoms with E-state index in [2.05, 4.69) is 10.0 Å². The van der Waals surface area contributed by atoms with Gasteiger partial charge in [-0.05, 0) is 19.9 Å². The first-order valence-corrected chi connectivity index (χ1v) is 8.18. The minimum Gasteiger partial charge on any atom is -0.389 e. The lowest BCUT2D eigenvalue weighted by Gasteiger charge is -2.16. The smallest absolute Gasteiger partial charge is 0.208 e. The largest absolute Gasteiger partial charge is 0.389 e. The highest BCUT2D eigenvalue weighted by Gasteiger charge is 2.07. The number of aliphatic hydroxyl groups is 1. The van der Waals surface area contributed by atoms with Crippen LogP contribution in [0.15, 0.2) is 0 Å². The van der Waals surface area contributed by atoms with Crippen LogP contribution in [0.25, 0.3) is 0 Å². The molecule has 8 heteroatoms. The lowest BCUT2D eigenvalue weighted by Crippen LogP contribution is -2.34. The molecule has 0 heterocycles. The molecule has 0 saturated heterocycles. The van der Waals surface area contributed by atoms with E-state index in [4.69, 9.17) is 9.47 Å². The Bertz CT molecular complexity index is 310. The van der Waals surface area contributed by atoms with E-state index in [0.717, 1.165) is 6.26 Å². The normalized spacial score (nSPS) is 15.4. The summed E-state index contributed by atoms with van der Waals surface area (Å²) in [7, 11) is -1.51. The molecule has 0 bridgehead atoms. The molecule has 2 unspecified atom stereocenters. The van der Waals surface area contributed by atoms with Crippen molar-refractivity contribution < 1.29 is 23.0 Å². The van der Waals surface area contributed by atoms with Crippen molar-refractivity contribution in [2.24, 2.45) is 0 Å². The summed E-state index contributed by atoms with van der Waals surface area (Å²) in [4.78, 5) is 0. The van der Waals surface area contributed by atoms with Gasteiger partial charge in [0.05, 0.1) is 31.7 Å². The number of hydrogen-bond acceptors (Lipinski definition) is 6. The van der Waals surface area contributed by atoms with E-state index in [9.17, 15) is 13.5 Å². The molecule has 116 valence electrons. The number of aliphatic hydroxyl groups excluding tert-OH is 1. The van der Waals surface area contributed by atoms with Crippen LogP contribution in [-0.4, -0.2) is 71.9 Å². The van der Waals surface area contributed by atoms with Crippen LogP contribution in [0.3, 0.4) is 0 Å². The predicted octanol–water partition coefficient (Wildman–Crippen LogP) is -1.07. The van der Waals surface area contributed by atoms with Crippen LogP contribution in [0.4, 0.5) is 0 Å². The van der Waals surface area contributed by atoms with E-state index in [-0.39, 0.29) is 12.7 Å². The van der Waals surface area contributed by atoms with Crippen molar-refractivity contribution in [1.29, 1.82) is 0 Å². The first kappa shape index (κ1) is 18.8. The Morgan fingerprint density at radius 1 is 1.26 bits per heavy atom. The Balaban J connectivity index is 3.41. The second-order valence-electron chi connectivity index (χ2n) is 4.48. The summed E-state index contributed by atoms with van der Waals surface area (Å²) in [5.41, 5.74) is 0. The fourth-order valence-electron chi connectivity index (χ4n) is 1.36. The van der Waals surface area contributed by atoms with Gasteiger partial charge in [0.1, 0.15) is 0 Å². The summed E-state index contributed by atoms with van der Waals surface area (Å²) in [6, 6.07) is 0. The van der Waals surface area contributed by atoms with Crippen LogP contribution in [0, 0.1) is 0 Å². The van der Waals surface area contributed by atoms with Gasteiger partial charge in [-0.15, -0.1) is 0 Å². The molecule has 3 N–H and O–H groups in total. The van der Waals surface area contributed by atoms with Crippen LogP contribution in [0.1, 0.15) is 13.3 Å². The second kappa shape index (κ2) is 10.5. The monoisotopic (exact) mass is 298 g/mol. The van der Waals surface area contributed by atoms with Crippen molar-refractivity contribution in [2.45, 2.75) is 25.6 Å². The average molecular weight is 298 g/mol. The zero-order valence-electron chi connectivity index (χ0n) is 11.9. The van der Waals surface area contributed by atoms with Crippen molar-refractivity contribution >= 4 is 10.0 Å². The fourth-order valence-corrected chi connectivity index (χ4v) is 1.87. The maximum absolute atomic E-state index is 10.8. The maximum atomic E-state index is 10.8. The molecule has 0 radical (unpaired) electrons. The number of hydrogen-bond donors (Lipinski definition) is 3. The van der Waals surface area contributed by atoms with Crippen LogP contribution in [0.2, 0.25) is 0 Å². The summed E-state index contributed by atoms with van der Waals surface area (Å²) in [6.45, 7) is 4.06. The van der Waals surface area contributed by atoms with Gasteiger partial charge in [0, 0.05) is 20.2 Å². The molecule has 0 rings (SSSR count). The van der Waals surface area contributed by atoms with Crippen LogP contribution in [-0.2, 0) is 19.5 Å². The maximum Gasteiger partial charge on any atom is 0.208 e. The Labute approximate surface area is 115 Å². The Morgan fingerprint density at radius 3 is 2.53 bits per heavy atom. The summed E-state index contributed by atoms with van der Waals surface area (Å²) in [5, 5.41) is 12.6. The van der Waals surface area contributed by atoms with Crippen LogP contribution < -0.4 is 10.0 Å². The molecule has 0 amide bonds. The highest BCUT2D eigenvalue weighted by atomic mass is 32.2. The number of methoxy groups -OCH3 is 1. The number of sulfonamides is 1. The Kier molecular flexibility index (Phi) is 10.4. The van der Waals surface area contributed by atoms with Gasteiger partial charge in [0.25, 0.3) is 0 Å². The molecule has 0 aliphatic rings. The molecule has 19 heavy (non-hydrogen) atoms. The molecule has 0 aromatic rings. The van der Waals surface area contributed by atoms with Gasteiger partial charge in [-0.25, -0.2) is 13.1 Å². The standard InChI is InChI=1S/C11H26N2O5S/c1-10(8-17-2)18-9-11(14)7-12-5-4-6-13-19(3,15)16/h10-14H,4-9H2,1-3H3. The molecule has 0 aliphatic heterocycles. The highest BCUT2D eigenvalue weighted by molar-refractivity contribution is 7.88. The van der Waals surface area contributed by atoms with E-state index in [1.807, 2.05) is 6.92 Å². The minimum absolute atomic E-state index is 0.0430. The minimum atomic E-state index is -3.11. The van der Waals surface area contributed by atoms with Crippen molar-refractivity contribution in [3.63, 3.8) is 0 Å². The molecule has 0 spiro atoms. The first-order valence-electron chi connectivity index (χ1n) is 6.29. The van der Waals surface area contributed by atoms with Gasteiger partial charge in [-0.2, -0.15) is 0 Å². The van der Waals surface area contributed by atoms with Gasteiger partial charge in [-0.3, -0.25) is 0 Å². The van der Waals surface area contributed by atoms with Crippen molar-refractivity contribution in [3.8, 4) is 0 Å². The first-order chi connectivity index (χ1) is 8.85. The lowest BCUT2D eigenvalue weighted by atomic mass is 10.3. The molecule has 2 atom stereocenters. The van der Waals surface area contributed by atoms with E-state index in [0.29, 0.717) is 32.7 Å². The summed E-state index contributed by atoms with van der Waals surface area (Å²) in [6.07, 6.45) is 1.17. The SMILES string of the molecule is COCC(C)OCC(O)CNCCCNS(C)(=O)=O. The van der Waals surface area contributed by atoms with E-state index >= 15 is 0 Å². The van der Waals surface area contributed by atoms with E-state index in [1.165, 1.54) is 0 Å². The third-order valence-electron chi connectivity index (χ3n) is 2.25. The molecule has 0 fully saturated rings. The fraction of sp³-hybridized carbons (Fsp3) is 1.00. The summed E-state index contributed by atoms with van der Waals surface area (Å²) < 4.78 is 34.2. The highest BCUT2D eigenvalue weighted by Crippen LogP contribution is 1.93. The van der Waals surface area contributed by atoms with Gasteiger partial charge >= 0.3 is 0 Å². The van der Waals surface area contributed by atoms with Gasteiger partial charge < -0.3 is 19.9 Å². The number of rotatable bonds is 12. The Morgan fingerprint density at radius 2 is 1.95 bits per heavy atom. The van der Waals surface area contributed by atoms with E-state index < -0.39 is 16.1 Å². The Hall–Kier alpha value is -0.250. The second-order valence-corrected chi connectivity index (χ2v) is 6.31. The third kappa shape index (κ3) is 14.0. The van der Waals surface area contributed by atoms with Crippen molar-refractivity contribution in [2.75, 3.05) is 46.2 Å². The molecular formula is C11H26N2O5S. The number of nitrogens with one attached hydrogen (secondary N) is 2. The third-order valence-corrected chi connectivity index (χ3v) is 2.98. The summed E-state index contributed by atoms with van der Waals surface area (Å²) >= 11 is 0. The van der Waals surface area contributed by atoms with Gasteiger partial charge in [0.15, 0.2) is 0 Å². The summed E-state index contributed by atoms with van der Waals surface area (Å²) in [5.74, 6) is 0. The van der Waals surface area contributed by atoms with Crippen molar-refractivity contribution in [1.82, 2.24) is 10.0 Å². The quantitative estimate of drug-likeness (QED) is 0.397. The molecule has 0 aromatic heterocycles. The molecule has 7 nitrogen and oxygen atoms in total. The lowest BCUT2D eigenvalue weighted by molar-refractivity contribution is -0.0310. The van der Waals surface area contributed by atoms with Crippen LogP contribution in [0.5, 0.6) is 0 Å². The topological polar surface area (TPSA) is 96.9 Å². The van der Waals surface area contributed by atoms with Gasteiger partial charge in [-0.1, -0.05) is 0 Å². The molecule has 0 saturated carbocycles. The van der Waals surface area contributed by atoms with Gasteiger partial charge in [0.2, 0.25) is 10.0 Å². The molecule has 0 aliphatic carbocycles. The van der Waals surface area contributed by atoms with E-state index in [1.54, 1.807) is 7.11 Å².